The number of benzene rings is 1. The second kappa shape index (κ2) is 7.17. The van der Waals surface area contributed by atoms with Crippen molar-refractivity contribution in [3.63, 3.8) is 0 Å². The third kappa shape index (κ3) is 3.29. The number of hydrogen-bond donors (Lipinski definition) is 1. The first-order valence-electron chi connectivity index (χ1n) is 9.07. The summed E-state index contributed by atoms with van der Waals surface area (Å²) in [5.74, 6) is 1.05. The van der Waals surface area contributed by atoms with E-state index < -0.39 is 0 Å². The lowest BCUT2D eigenvalue weighted by Crippen LogP contribution is -2.36. The summed E-state index contributed by atoms with van der Waals surface area (Å²) in [6.07, 6.45) is 3.66. The van der Waals surface area contributed by atoms with Crippen LogP contribution in [0, 0.1) is 6.92 Å². The Hall–Kier alpha value is -3.46. The third-order valence-electron chi connectivity index (χ3n) is 4.73. The van der Waals surface area contributed by atoms with Gasteiger partial charge in [-0.1, -0.05) is 11.2 Å². The topological polar surface area (TPSA) is 86.5 Å². The number of hydrogen-bond acceptors (Lipinski definition) is 8. The maximum atomic E-state index is 5.51. The zero-order chi connectivity index (χ0) is 19.8. The second-order valence-electron chi connectivity index (χ2n) is 6.66. The van der Waals surface area contributed by atoms with E-state index in [-0.39, 0.29) is 6.04 Å². The van der Waals surface area contributed by atoms with E-state index in [1.807, 2.05) is 41.4 Å². The Kier molecular flexibility index (Phi) is 4.36. The Balaban J connectivity index is 1.43. The van der Waals surface area contributed by atoms with Crippen LogP contribution in [0.5, 0.6) is 5.88 Å². The van der Waals surface area contributed by atoms with Gasteiger partial charge in [0.05, 0.1) is 40.9 Å². The third-order valence-corrected chi connectivity index (χ3v) is 5.52. The Morgan fingerprint density at radius 2 is 2.17 bits per heavy atom. The number of amidine groups is 1. The molecule has 1 aliphatic heterocycles. The highest BCUT2D eigenvalue weighted by atomic mass is 32.1. The first-order chi connectivity index (χ1) is 14.2. The van der Waals surface area contributed by atoms with Gasteiger partial charge in [-0.05, 0) is 36.8 Å². The van der Waals surface area contributed by atoms with Crippen LogP contribution < -0.4 is 10.1 Å². The van der Waals surface area contributed by atoms with Gasteiger partial charge in [0.2, 0.25) is 5.88 Å². The Morgan fingerprint density at radius 3 is 3.00 bits per heavy atom. The molecule has 1 atom stereocenters. The lowest BCUT2D eigenvalue weighted by molar-refractivity contribution is 0.109. The first kappa shape index (κ1) is 17.6. The van der Waals surface area contributed by atoms with Crippen LogP contribution in [-0.2, 0) is 4.84 Å². The predicted octanol–water partition coefficient (Wildman–Crippen LogP) is 3.22. The average Bonchev–Trinajstić information content (AvgIpc) is 3.41. The minimum Gasteiger partial charge on any atom is -0.479 e. The fourth-order valence-corrected chi connectivity index (χ4v) is 3.99. The highest BCUT2D eigenvalue weighted by Gasteiger charge is 2.22. The predicted molar refractivity (Wildman–Crippen MR) is 111 cm³/mol. The molecule has 1 aromatic carbocycles. The van der Waals surface area contributed by atoms with E-state index in [0.717, 1.165) is 27.2 Å². The van der Waals surface area contributed by atoms with E-state index in [1.54, 1.807) is 24.8 Å². The van der Waals surface area contributed by atoms with E-state index in [4.69, 9.17) is 9.57 Å². The second-order valence-corrected chi connectivity index (χ2v) is 7.55. The normalized spacial score (nSPS) is 16.2. The molecule has 1 N–H and O–H groups in total. The number of aryl methyl sites for hydroxylation is 1. The number of rotatable bonds is 4. The zero-order valence-corrected chi connectivity index (χ0v) is 16.7. The van der Waals surface area contributed by atoms with E-state index in [1.165, 1.54) is 0 Å². The van der Waals surface area contributed by atoms with Gasteiger partial charge in [-0.25, -0.2) is 15.0 Å². The SMILES string of the molecule is COc1nc(C2=NOCC(c3ccc4ncsc4c3)N2)ccc1-n1cnc(C)c1. The van der Waals surface area contributed by atoms with Gasteiger partial charge in [0.25, 0.3) is 0 Å². The average molecular weight is 406 g/mol. The quantitative estimate of drug-likeness (QED) is 0.560. The highest BCUT2D eigenvalue weighted by Crippen LogP contribution is 2.26. The molecule has 0 radical (unpaired) electrons. The fraction of sp³-hybridized carbons (Fsp3) is 0.200. The minimum atomic E-state index is -0.0298. The first-order valence-corrected chi connectivity index (χ1v) is 9.95. The standard InChI is InChI=1S/C20H18N6O2S/c1-12-8-26(10-21-12)17-6-5-15(24-20(17)27-2)19-23-16(9-28-25-19)13-3-4-14-18(7-13)29-11-22-14/h3-8,10-11,16H,9H2,1-2H3,(H,23,25). The summed E-state index contributed by atoms with van der Waals surface area (Å²) >= 11 is 1.62. The van der Waals surface area contributed by atoms with Gasteiger partial charge in [-0.15, -0.1) is 11.3 Å². The summed E-state index contributed by atoms with van der Waals surface area (Å²) in [5, 5.41) is 7.60. The Morgan fingerprint density at radius 1 is 1.24 bits per heavy atom. The van der Waals surface area contributed by atoms with Gasteiger partial charge < -0.3 is 19.5 Å². The molecule has 0 saturated carbocycles. The van der Waals surface area contributed by atoms with Crippen molar-refractivity contribution >= 4 is 27.4 Å². The smallest absolute Gasteiger partial charge is 0.238 e. The number of ether oxygens (including phenoxy) is 1. The number of nitrogens with one attached hydrogen (secondary N) is 1. The highest BCUT2D eigenvalue weighted by molar-refractivity contribution is 7.16. The molecule has 5 rings (SSSR count). The number of imidazole rings is 1. The lowest BCUT2D eigenvalue weighted by atomic mass is 10.1. The summed E-state index contributed by atoms with van der Waals surface area (Å²) in [4.78, 5) is 18.7. The van der Waals surface area contributed by atoms with E-state index >= 15 is 0 Å². The molecule has 4 aromatic rings. The Labute approximate surface area is 170 Å². The number of fused-ring (bicyclic) bond motifs is 1. The molecule has 0 amide bonds. The van der Waals surface area contributed by atoms with Crippen molar-refractivity contribution in [2.24, 2.45) is 5.16 Å². The molecule has 1 unspecified atom stereocenters. The van der Waals surface area contributed by atoms with Crippen LogP contribution in [0.2, 0.25) is 0 Å². The van der Waals surface area contributed by atoms with Crippen molar-refractivity contribution in [3.8, 4) is 11.6 Å². The van der Waals surface area contributed by atoms with Crippen molar-refractivity contribution < 1.29 is 9.57 Å². The van der Waals surface area contributed by atoms with Gasteiger partial charge in [0.1, 0.15) is 18.0 Å². The van der Waals surface area contributed by atoms with Crippen LogP contribution in [-0.4, -0.2) is 39.1 Å². The zero-order valence-electron chi connectivity index (χ0n) is 15.9. The number of aromatic nitrogens is 4. The molecule has 3 aromatic heterocycles. The summed E-state index contributed by atoms with van der Waals surface area (Å²) in [5.41, 5.74) is 6.34. The van der Waals surface area contributed by atoms with Crippen LogP contribution >= 0.6 is 11.3 Å². The molecule has 0 fully saturated rings. The number of nitrogens with zero attached hydrogens (tertiary/aromatic N) is 5. The molecular formula is C20H18N6O2S. The van der Waals surface area contributed by atoms with E-state index in [0.29, 0.717) is 24.0 Å². The van der Waals surface area contributed by atoms with E-state index in [2.05, 4.69) is 37.6 Å². The van der Waals surface area contributed by atoms with Crippen LogP contribution in [0.3, 0.4) is 0 Å². The monoisotopic (exact) mass is 406 g/mol. The molecule has 0 saturated heterocycles. The molecule has 146 valence electrons. The van der Waals surface area contributed by atoms with Gasteiger partial charge in [0.15, 0.2) is 5.84 Å². The largest absolute Gasteiger partial charge is 0.479 e. The molecule has 8 nitrogen and oxygen atoms in total. The summed E-state index contributed by atoms with van der Waals surface area (Å²) in [6.45, 7) is 2.38. The lowest BCUT2D eigenvalue weighted by Gasteiger charge is -2.24. The van der Waals surface area contributed by atoms with Gasteiger partial charge >= 0.3 is 0 Å². The number of methoxy groups -OCH3 is 1. The molecule has 1 aliphatic rings. The van der Waals surface area contributed by atoms with Crippen LogP contribution in [0.15, 0.2) is 53.5 Å². The van der Waals surface area contributed by atoms with Gasteiger partial charge in [-0.3, -0.25) is 0 Å². The summed E-state index contributed by atoms with van der Waals surface area (Å²) < 4.78 is 8.53. The molecule has 0 aliphatic carbocycles. The minimum absolute atomic E-state index is 0.0298. The van der Waals surface area contributed by atoms with Gasteiger partial charge in [0, 0.05) is 6.20 Å². The van der Waals surface area contributed by atoms with Crippen molar-refractivity contribution in [1.29, 1.82) is 0 Å². The maximum absolute atomic E-state index is 5.51. The summed E-state index contributed by atoms with van der Waals surface area (Å²) in [6, 6.07) is 10.0. The number of oxime groups is 1. The van der Waals surface area contributed by atoms with E-state index in [9.17, 15) is 0 Å². The molecule has 9 heteroatoms. The van der Waals surface area contributed by atoms with Crippen LogP contribution in [0.4, 0.5) is 0 Å². The maximum Gasteiger partial charge on any atom is 0.238 e. The molecule has 0 bridgehead atoms. The van der Waals surface area contributed by atoms with Crippen molar-refractivity contribution in [3.05, 3.63) is 65.3 Å². The van der Waals surface area contributed by atoms with Crippen LogP contribution in [0.1, 0.15) is 23.0 Å². The fourth-order valence-electron chi connectivity index (χ4n) is 3.26. The molecule has 4 heterocycles. The van der Waals surface area contributed by atoms with Crippen molar-refractivity contribution in [2.75, 3.05) is 13.7 Å². The van der Waals surface area contributed by atoms with Crippen molar-refractivity contribution in [2.45, 2.75) is 13.0 Å². The van der Waals surface area contributed by atoms with Crippen LogP contribution in [0.25, 0.3) is 15.9 Å². The Bertz CT molecular complexity index is 1210. The molecule has 29 heavy (non-hydrogen) atoms. The van der Waals surface area contributed by atoms with Gasteiger partial charge in [-0.2, -0.15) is 0 Å². The summed E-state index contributed by atoms with van der Waals surface area (Å²) in [7, 11) is 1.60. The molecule has 0 spiro atoms. The number of thiazole rings is 1. The van der Waals surface area contributed by atoms with Crippen molar-refractivity contribution in [1.82, 2.24) is 24.8 Å². The molecular weight excluding hydrogens is 388 g/mol. The number of pyridine rings is 1.